The Morgan fingerprint density at radius 2 is 1.64 bits per heavy atom. The lowest BCUT2D eigenvalue weighted by molar-refractivity contribution is -0.122. The number of para-hydroxylation sites is 1. The van der Waals surface area contributed by atoms with Crippen LogP contribution in [-0.2, 0) is 14.6 Å². The summed E-state index contributed by atoms with van der Waals surface area (Å²) in [6.07, 6.45) is 0.466. The van der Waals surface area contributed by atoms with Gasteiger partial charge in [-0.05, 0) is 43.3 Å². The summed E-state index contributed by atoms with van der Waals surface area (Å²) in [5.41, 5.74) is 0.515. The second-order valence-electron chi connectivity index (χ2n) is 4.86. The molecule has 1 amide bonds. The Morgan fingerprint density at radius 3 is 2.18 bits per heavy atom. The summed E-state index contributed by atoms with van der Waals surface area (Å²) in [5, 5.41) is 2.68. The molecule has 0 heterocycles. The average Bonchev–Trinajstić information content (AvgIpc) is 2.48. The van der Waals surface area contributed by atoms with Crippen molar-refractivity contribution in [3.05, 3.63) is 54.6 Å². The summed E-state index contributed by atoms with van der Waals surface area (Å²) in [6, 6.07) is 15.0. The molecule has 0 unspecified atom stereocenters. The van der Waals surface area contributed by atoms with Crippen molar-refractivity contribution in [3.8, 4) is 5.75 Å². The predicted molar refractivity (Wildman–Crippen MR) is 84.7 cm³/mol. The summed E-state index contributed by atoms with van der Waals surface area (Å²) in [7, 11) is -3.24. The molecule has 0 aromatic heterocycles. The van der Waals surface area contributed by atoms with E-state index in [0.717, 1.165) is 6.26 Å². The molecule has 0 radical (unpaired) electrons. The van der Waals surface area contributed by atoms with E-state index in [0.29, 0.717) is 11.4 Å². The van der Waals surface area contributed by atoms with Crippen LogP contribution in [-0.4, -0.2) is 26.7 Å². The Balaban J connectivity index is 1.99. The van der Waals surface area contributed by atoms with Crippen LogP contribution >= 0.6 is 0 Å². The van der Waals surface area contributed by atoms with Crippen molar-refractivity contribution in [2.45, 2.75) is 17.9 Å². The molecule has 2 rings (SSSR count). The van der Waals surface area contributed by atoms with Crippen LogP contribution in [0.5, 0.6) is 5.75 Å². The fraction of sp³-hybridized carbons (Fsp3) is 0.188. The number of sulfone groups is 1. The molecule has 0 fully saturated rings. The molecule has 6 heteroatoms. The van der Waals surface area contributed by atoms with Crippen LogP contribution in [0.4, 0.5) is 5.69 Å². The van der Waals surface area contributed by atoms with E-state index in [1.165, 1.54) is 12.1 Å². The van der Waals surface area contributed by atoms with E-state index in [1.54, 1.807) is 31.2 Å². The number of benzene rings is 2. The molecule has 5 nitrogen and oxygen atoms in total. The third-order valence-electron chi connectivity index (χ3n) is 2.98. The van der Waals surface area contributed by atoms with Gasteiger partial charge in [-0.25, -0.2) is 8.42 Å². The molecule has 2 aromatic rings. The van der Waals surface area contributed by atoms with Crippen LogP contribution in [0.25, 0.3) is 0 Å². The number of carbonyl (C=O) groups excluding carboxylic acids is 1. The fourth-order valence-corrected chi connectivity index (χ4v) is 2.42. The SMILES string of the molecule is C[C@@H](Oc1ccccc1)C(=O)Nc1ccc(S(C)(=O)=O)cc1. The van der Waals surface area contributed by atoms with Crippen LogP contribution in [0.2, 0.25) is 0 Å². The van der Waals surface area contributed by atoms with Crippen molar-refractivity contribution in [3.63, 3.8) is 0 Å². The molecule has 0 bridgehead atoms. The topological polar surface area (TPSA) is 72.5 Å². The van der Waals surface area contributed by atoms with E-state index >= 15 is 0 Å². The van der Waals surface area contributed by atoms with Gasteiger partial charge in [0.05, 0.1) is 4.90 Å². The summed E-state index contributed by atoms with van der Waals surface area (Å²) in [6.45, 7) is 1.65. The van der Waals surface area contributed by atoms with E-state index in [-0.39, 0.29) is 10.8 Å². The summed E-state index contributed by atoms with van der Waals surface area (Å²) in [4.78, 5) is 12.3. The Labute approximate surface area is 129 Å². The van der Waals surface area contributed by atoms with Gasteiger partial charge < -0.3 is 10.1 Å². The highest BCUT2D eigenvalue weighted by molar-refractivity contribution is 7.90. The highest BCUT2D eigenvalue weighted by atomic mass is 32.2. The average molecular weight is 319 g/mol. The number of amides is 1. The normalized spacial score (nSPS) is 12.5. The van der Waals surface area contributed by atoms with Crippen LogP contribution in [0.1, 0.15) is 6.92 Å². The van der Waals surface area contributed by atoms with Crippen molar-refractivity contribution >= 4 is 21.4 Å². The van der Waals surface area contributed by atoms with Gasteiger partial charge in [0.2, 0.25) is 0 Å². The van der Waals surface area contributed by atoms with Crippen LogP contribution < -0.4 is 10.1 Å². The van der Waals surface area contributed by atoms with Crippen molar-refractivity contribution in [1.29, 1.82) is 0 Å². The molecule has 0 aliphatic heterocycles. The molecule has 0 aliphatic carbocycles. The maximum absolute atomic E-state index is 12.0. The second kappa shape index (κ2) is 6.62. The van der Waals surface area contributed by atoms with Crippen LogP contribution in [0.3, 0.4) is 0 Å². The molecule has 0 saturated heterocycles. The molecule has 116 valence electrons. The zero-order chi connectivity index (χ0) is 16.2. The Morgan fingerprint density at radius 1 is 1.05 bits per heavy atom. The fourth-order valence-electron chi connectivity index (χ4n) is 1.79. The number of nitrogens with one attached hydrogen (secondary N) is 1. The smallest absolute Gasteiger partial charge is 0.265 e. The minimum absolute atomic E-state index is 0.207. The number of carbonyl (C=O) groups is 1. The lowest BCUT2D eigenvalue weighted by Gasteiger charge is -2.14. The molecular weight excluding hydrogens is 302 g/mol. The zero-order valence-corrected chi connectivity index (χ0v) is 13.1. The van der Waals surface area contributed by atoms with E-state index in [4.69, 9.17) is 4.74 Å². The lowest BCUT2D eigenvalue weighted by atomic mass is 10.3. The zero-order valence-electron chi connectivity index (χ0n) is 12.3. The maximum Gasteiger partial charge on any atom is 0.265 e. The molecule has 1 N–H and O–H groups in total. The number of rotatable bonds is 5. The van der Waals surface area contributed by atoms with Crippen LogP contribution in [0.15, 0.2) is 59.5 Å². The van der Waals surface area contributed by atoms with E-state index < -0.39 is 15.9 Å². The van der Waals surface area contributed by atoms with Crippen LogP contribution in [0, 0.1) is 0 Å². The first-order valence-electron chi connectivity index (χ1n) is 6.69. The van der Waals surface area contributed by atoms with Crippen molar-refractivity contribution in [2.24, 2.45) is 0 Å². The van der Waals surface area contributed by atoms with Gasteiger partial charge in [0, 0.05) is 11.9 Å². The van der Waals surface area contributed by atoms with E-state index in [2.05, 4.69) is 5.32 Å². The van der Waals surface area contributed by atoms with Gasteiger partial charge in [0.15, 0.2) is 15.9 Å². The number of hydrogen-bond donors (Lipinski definition) is 1. The molecule has 2 aromatic carbocycles. The van der Waals surface area contributed by atoms with E-state index in [9.17, 15) is 13.2 Å². The monoisotopic (exact) mass is 319 g/mol. The number of anilines is 1. The third kappa shape index (κ3) is 4.33. The molecule has 0 saturated carbocycles. The standard InChI is InChI=1S/C16H17NO4S/c1-12(21-14-6-4-3-5-7-14)16(18)17-13-8-10-15(11-9-13)22(2,19)20/h3-12H,1-2H3,(H,17,18)/t12-/m1/s1. The molecule has 22 heavy (non-hydrogen) atoms. The summed E-state index contributed by atoms with van der Waals surface area (Å²) in [5.74, 6) is 0.300. The Kier molecular flexibility index (Phi) is 4.82. The van der Waals surface area contributed by atoms with Gasteiger partial charge in [-0.2, -0.15) is 0 Å². The first-order chi connectivity index (χ1) is 10.4. The summed E-state index contributed by atoms with van der Waals surface area (Å²) >= 11 is 0. The van der Waals surface area contributed by atoms with Crippen molar-refractivity contribution in [1.82, 2.24) is 0 Å². The molecule has 1 atom stereocenters. The number of hydrogen-bond acceptors (Lipinski definition) is 4. The third-order valence-corrected chi connectivity index (χ3v) is 4.10. The van der Waals surface area contributed by atoms with Gasteiger partial charge in [-0.1, -0.05) is 18.2 Å². The minimum Gasteiger partial charge on any atom is -0.481 e. The van der Waals surface area contributed by atoms with Gasteiger partial charge in [-0.3, -0.25) is 4.79 Å². The minimum atomic E-state index is -3.24. The molecule has 0 spiro atoms. The van der Waals surface area contributed by atoms with Crippen molar-refractivity contribution < 1.29 is 17.9 Å². The highest BCUT2D eigenvalue weighted by Gasteiger charge is 2.15. The van der Waals surface area contributed by atoms with Gasteiger partial charge >= 0.3 is 0 Å². The predicted octanol–water partition coefficient (Wildman–Crippen LogP) is 2.50. The van der Waals surface area contributed by atoms with Gasteiger partial charge in [0.25, 0.3) is 5.91 Å². The Bertz CT molecular complexity index is 739. The second-order valence-corrected chi connectivity index (χ2v) is 6.87. The van der Waals surface area contributed by atoms with Crippen molar-refractivity contribution in [2.75, 3.05) is 11.6 Å². The lowest BCUT2D eigenvalue weighted by Crippen LogP contribution is -2.30. The summed E-state index contributed by atoms with van der Waals surface area (Å²) < 4.78 is 28.3. The molecule has 0 aliphatic rings. The first-order valence-corrected chi connectivity index (χ1v) is 8.58. The van der Waals surface area contributed by atoms with Gasteiger partial charge in [0.1, 0.15) is 5.75 Å². The first kappa shape index (κ1) is 16.0. The molecular formula is C16H17NO4S. The number of ether oxygens (including phenoxy) is 1. The Hall–Kier alpha value is -2.34. The highest BCUT2D eigenvalue weighted by Crippen LogP contribution is 2.15. The quantitative estimate of drug-likeness (QED) is 0.919. The van der Waals surface area contributed by atoms with Gasteiger partial charge in [-0.15, -0.1) is 0 Å². The largest absolute Gasteiger partial charge is 0.481 e. The maximum atomic E-state index is 12.0. The van der Waals surface area contributed by atoms with E-state index in [1.807, 2.05) is 18.2 Å².